The van der Waals surface area contributed by atoms with Gasteiger partial charge in [0, 0.05) is 12.4 Å². The van der Waals surface area contributed by atoms with Crippen LogP contribution in [0.2, 0.25) is 5.02 Å². The second-order valence-corrected chi connectivity index (χ2v) is 4.13. The van der Waals surface area contributed by atoms with Crippen molar-refractivity contribution in [3.63, 3.8) is 0 Å². The molecule has 84 valence electrons. The van der Waals surface area contributed by atoms with Crippen LogP contribution in [-0.4, -0.2) is 21.5 Å². The molecule has 0 amide bonds. The van der Waals surface area contributed by atoms with E-state index in [-0.39, 0.29) is 11.8 Å². The van der Waals surface area contributed by atoms with Crippen LogP contribution in [0.3, 0.4) is 0 Å². The number of imidazole rings is 1. The second-order valence-electron chi connectivity index (χ2n) is 3.69. The average Bonchev–Trinajstić information content (AvgIpc) is 2.59. The Morgan fingerprint density at radius 3 is 2.88 bits per heavy atom. The Labute approximate surface area is 97.8 Å². The molecule has 4 nitrogen and oxygen atoms in total. The smallest absolute Gasteiger partial charge is 0.358 e. The van der Waals surface area contributed by atoms with Crippen LogP contribution in [0.1, 0.15) is 24.3 Å². The third kappa shape index (κ3) is 2.17. The Kier molecular flexibility index (Phi) is 2.83. The molecule has 0 N–H and O–H groups in total. The van der Waals surface area contributed by atoms with Gasteiger partial charge in [0.2, 0.25) is 0 Å². The number of rotatable bonds is 2. The van der Waals surface area contributed by atoms with E-state index in [4.69, 9.17) is 16.3 Å². The summed E-state index contributed by atoms with van der Waals surface area (Å²) in [6, 6.07) is 3.47. The molecule has 2 heterocycles. The first-order chi connectivity index (χ1) is 7.56. The first-order valence-electron chi connectivity index (χ1n) is 4.91. The minimum atomic E-state index is -0.421. The van der Waals surface area contributed by atoms with Gasteiger partial charge in [0.05, 0.1) is 11.1 Å². The summed E-state index contributed by atoms with van der Waals surface area (Å²) in [5, 5.41) is 0.591. The highest BCUT2D eigenvalue weighted by Crippen LogP contribution is 2.12. The fourth-order valence-electron chi connectivity index (χ4n) is 1.34. The van der Waals surface area contributed by atoms with Crippen molar-refractivity contribution < 1.29 is 9.53 Å². The quantitative estimate of drug-likeness (QED) is 0.756. The lowest BCUT2D eigenvalue weighted by molar-refractivity contribution is 0.0371. The van der Waals surface area contributed by atoms with Gasteiger partial charge in [0.15, 0.2) is 5.69 Å². The van der Waals surface area contributed by atoms with Crippen molar-refractivity contribution in [2.45, 2.75) is 20.0 Å². The number of esters is 1. The summed E-state index contributed by atoms with van der Waals surface area (Å²) in [4.78, 5) is 15.7. The van der Waals surface area contributed by atoms with Crippen LogP contribution in [0.4, 0.5) is 0 Å². The highest BCUT2D eigenvalue weighted by atomic mass is 35.5. The second kappa shape index (κ2) is 4.14. The zero-order valence-electron chi connectivity index (χ0n) is 8.98. The molecule has 0 spiro atoms. The lowest BCUT2D eigenvalue weighted by Gasteiger charge is -2.04. The van der Waals surface area contributed by atoms with Gasteiger partial charge in [-0.25, -0.2) is 9.78 Å². The van der Waals surface area contributed by atoms with E-state index in [1.54, 1.807) is 42.8 Å². The summed E-state index contributed by atoms with van der Waals surface area (Å²) in [6.45, 7) is 3.59. The van der Waals surface area contributed by atoms with E-state index in [1.165, 1.54) is 0 Å². The molecular weight excluding hydrogens is 228 g/mol. The maximum Gasteiger partial charge on any atom is 0.358 e. The first kappa shape index (κ1) is 11.0. The number of carbonyl (C=O) groups is 1. The van der Waals surface area contributed by atoms with Crippen molar-refractivity contribution in [1.82, 2.24) is 9.38 Å². The van der Waals surface area contributed by atoms with Gasteiger partial charge in [-0.1, -0.05) is 11.6 Å². The van der Waals surface area contributed by atoms with Crippen molar-refractivity contribution in [3.8, 4) is 0 Å². The number of halogens is 1. The van der Waals surface area contributed by atoms with Gasteiger partial charge in [0.1, 0.15) is 5.65 Å². The summed E-state index contributed by atoms with van der Waals surface area (Å²) < 4.78 is 6.74. The van der Waals surface area contributed by atoms with Gasteiger partial charge in [-0.05, 0) is 26.0 Å². The number of fused-ring (bicyclic) bond motifs is 1. The Bertz CT molecular complexity index is 534. The molecular formula is C11H11ClN2O2. The summed E-state index contributed by atoms with van der Waals surface area (Å²) in [5.74, 6) is -0.421. The Morgan fingerprint density at radius 2 is 2.19 bits per heavy atom. The molecule has 0 bridgehead atoms. The van der Waals surface area contributed by atoms with E-state index in [0.717, 1.165) is 0 Å². The molecule has 0 fully saturated rings. The predicted octanol–water partition coefficient (Wildman–Crippen LogP) is 2.55. The predicted molar refractivity (Wildman–Crippen MR) is 60.8 cm³/mol. The molecule has 2 rings (SSSR count). The largest absolute Gasteiger partial charge is 0.458 e. The van der Waals surface area contributed by atoms with Crippen LogP contribution in [0, 0.1) is 0 Å². The zero-order valence-corrected chi connectivity index (χ0v) is 9.73. The SMILES string of the molecule is CC(C)OC(=O)c1cn2cc(Cl)ccc2n1. The lowest BCUT2D eigenvalue weighted by Crippen LogP contribution is -2.11. The fraction of sp³-hybridized carbons (Fsp3) is 0.273. The maximum absolute atomic E-state index is 11.6. The highest BCUT2D eigenvalue weighted by Gasteiger charge is 2.13. The Morgan fingerprint density at radius 1 is 1.44 bits per heavy atom. The van der Waals surface area contributed by atoms with E-state index in [1.807, 2.05) is 0 Å². The number of aromatic nitrogens is 2. The fourth-order valence-corrected chi connectivity index (χ4v) is 1.51. The molecule has 0 saturated heterocycles. The molecule has 0 aliphatic rings. The van der Waals surface area contributed by atoms with Crippen LogP contribution in [0.15, 0.2) is 24.5 Å². The van der Waals surface area contributed by atoms with Gasteiger partial charge in [-0.2, -0.15) is 0 Å². The van der Waals surface area contributed by atoms with Crippen LogP contribution >= 0.6 is 11.6 Å². The molecule has 0 atom stereocenters. The zero-order chi connectivity index (χ0) is 11.7. The molecule has 0 unspecified atom stereocenters. The summed E-state index contributed by atoms with van der Waals surface area (Å²) >= 11 is 5.83. The third-order valence-electron chi connectivity index (χ3n) is 1.97. The topological polar surface area (TPSA) is 43.6 Å². The standard InChI is InChI=1S/C11H11ClN2O2/c1-7(2)16-11(15)9-6-14-5-8(12)3-4-10(14)13-9/h3-7H,1-2H3. The summed E-state index contributed by atoms with van der Waals surface area (Å²) in [5.41, 5.74) is 0.955. The number of carbonyl (C=O) groups excluding carboxylic acids is 1. The van der Waals surface area contributed by atoms with E-state index in [2.05, 4.69) is 4.98 Å². The average molecular weight is 239 g/mol. The van der Waals surface area contributed by atoms with Gasteiger partial charge in [-0.15, -0.1) is 0 Å². The van der Waals surface area contributed by atoms with Gasteiger partial charge >= 0.3 is 5.97 Å². The summed E-state index contributed by atoms with van der Waals surface area (Å²) in [6.07, 6.45) is 3.14. The van der Waals surface area contributed by atoms with E-state index >= 15 is 0 Å². The minimum Gasteiger partial charge on any atom is -0.458 e. The normalized spacial score (nSPS) is 11.0. The molecule has 0 aliphatic heterocycles. The molecule has 0 radical (unpaired) electrons. The van der Waals surface area contributed by atoms with E-state index < -0.39 is 5.97 Å². The van der Waals surface area contributed by atoms with E-state index in [9.17, 15) is 4.79 Å². The van der Waals surface area contributed by atoms with Crippen LogP contribution < -0.4 is 0 Å². The third-order valence-corrected chi connectivity index (χ3v) is 2.19. The molecule has 2 aromatic rings. The van der Waals surface area contributed by atoms with Gasteiger partial charge in [0.25, 0.3) is 0 Å². The molecule has 0 aliphatic carbocycles. The minimum absolute atomic E-state index is 0.152. The van der Waals surface area contributed by atoms with Crippen LogP contribution in [0.5, 0.6) is 0 Å². The van der Waals surface area contributed by atoms with Crippen molar-refractivity contribution in [2.24, 2.45) is 0 Å². The van der Waals surface area contributed by atoms with Crippen molar-refractivity contribution in [1.29, 1.82) is 0 Å². The Hall–Kier alpha value is -1.55. The molecule has 5 heteroatoms. The summed E-state index contributed by atoms with van der Waals surface area (Å²) in [7, 11) is 0. The molecule has 2 aromatic heterocycles. The van der Waals surface area contributed by atoms with Crippen LogP contribution in [-0.2, 0) is 4.74 Å². The molecule has 0 saturated carbocycles. The highest BCUT2D eigenvalue weighted by molar-refractivity contribution is 6.30. The maximum atomic E-state index is 11.6. The number of hydrogen-bond acceptors (Lipinski definition) is 3. The molecule has 0 aromatic carbocycles. The van der Waals surface area contributed by atoms with Gasteiger partial charge < -0.3 is 9.14 Å². The first-order valence-corrected chi connectivity index (χ1v) is 5.29. The van der Waals surface area contributed by atoms with Crippen LogP contribution in [0.25, 0.3) is 5.65 Å². The Balaban J connectivity index is 2.36. The molecule has 16 heavy (non-hydrogen) atoms. The number of ether oxygens (including phenoxy) is 1. The van der Waals surface area contributed by atoms with Crippen molar-refractivity contribution >= 4 is 23.2 Å². The van der Waals surface area contributed by atoms with E-state index in [0.29, 0.717) is 10.7 Å². The number of nitrogens with zero attached hydrogens (tertiary/aromatic N) is 2. The van der Waals surface area contributed by atoms with Crippen molar-refractivity contribution in [3.05, 3.63) is 35.2 Å². The number of hydrogen-bond donors (Lipinski definition) is 0. The monoisotopic (exact) mass is 238 g/mol. The lowest BCUT2D eigenvalue weighted by atomic mass is 10.4. The van der Waals surface area contributed by atoms with Gasteiger partial charge in [-0.3, -0.25) is 0 Å². The number of pyridine rings is 1. The van der Waals surface area contributed by atoms with Crippen molar-refractivity contribution in [2.75, 3.05) is 0 Å².